The van der Waals surface area contributed by atoms with E-state index in [0.29, 0.717) is 0 Å². The Balaban J connectivity index is 2.56. The first-order chi connectivity index (χ1) is 5.75. The minimum absolute atomic E-state index is 0.143. The fourth-order valence-electron chi connectivity index (χ4n) is 1.26. The monoisotopic (exact) mass is 167 g/mol. The van der Waals surface area contributed by atoms with Gasteiger partial charge in [0.05, 0.1) is 5.70 Å². The van der Waals surface area contributed by atoms with Gasteiger partial charge in [0.1, 0.15) is 0 Å². The number of amides is 1. The van der Waals surface area contributed by atoms with E-state index in [1.165, 1.54) is 6.08 Å². The van der Waals surface area contributed by atoms with E-state index >= 15 is 0 Å². The number of nitrogens with one attached hydrogen (secondary N) is 1. The zero-order chi connectivity index (χ0) is 8.97. The van der Waals surface area contributed by atoms with Crippen LogP contribution < -0.4 is 5.73 Å². The van der Waals surface area contributed by atoms with Crippen molar-refractivity contribution in [1.29, 1.82) is 5.41 Å². The molecule has 4 nitrogen and oxygen atoms in total. The van der Waals surface area contributed by atoms with Crippen molar-refractivity contribution >= 4 is 12.1 Å². The van der Waals surface area contributed by atoms with Crippen LogP contribution in [0.25, 0.3) is 0 Å². The van der Waals surface area contributed by atoms with Crippen molar-refractivity contribution in [2.45, 2.75) is 12.8 Å². The highest BCUT2D eigenvalue weighted by atomic mass is 16.2. The van der Waals surface area contributed by atoms with E-state index in [1.807, 2.05) is 0 Å². The van der Waals surface area contributed by atoms with Crippen LogP contribution in [0, 0.1) is 5.41 Å². The molecule has 0 aromatic rings. The summed E-state index contributed by atoms with van der Waals surface area (Å²) in [5.41, 5.74) is 5.59. The van der Waals surface area contributed by atoms with Crippen LogP contribution in [0.5, 0.6) is 0 Å². The van der Waals surface area contributed by atoms with Crippen LogP contribution in [0.15, 0.2) is 11.8 Å². The summed E-state index contributed by atoms with van der Waals surface area (Å²) < 4.78 is 0. The maximum atomic E-state index is 11.4. The van der Waals surface area contributed by atoms with Crippen LogP contribution in [0.2, 0.25) is 0 Å². The highest BCUT2D eigenvalue weighted by Gasteiger charge is 2.18. The summed E-state index contributed by atoms with van der Waals surface area (Å²) in [5, 5.41) is 6.75. The van der Waals surface area contributed by atoms with Gasteiger partial charge in [-0.2, -0.15) is 0 Å². The first kappa shape index (κ1) is 8.77. The molecule has 0 atom stereocenters. The number of nitrogens with two attached hydrogens (primary N) is 1. The topological polar surface area (TPSA) is 70.2 Å². The van der Waals surface area contributed by atoms with E-state index in [1.54, 1.807) is 4.90 Å². The number of carbonyl (C=O) groups excluding carboxylic acids is 1. The molecule has 4 heteroatoms. The number of nitrogens with zero attached hydrogens (tertiary/aromatic N) is 1. The molecule has 66 valence electrons. The average Bonchev–Trinajstić information content (AvgIpc) is 2.55. The van der Waals surface area contributed by atoms with Crippen LogP contribution in [0.4, 0.5) is 0 Å². The smallest absolute Gasteiger partial charge is 0.269 e. The molecular weight excluding hydrogens is 154 g/mol. The third kappa shape index (κ3) is 1.84. The van der Waals surface area contributed by atoms with Gasteiger partial charge < -0.3 is 16.0 Å². The Labute approximate surface area is 71.5 Å². The molecule has 0 unspecified atom stereocenters. The van der Waals surface area contributed by atoms with Crippen molar-refractivity contribution in [3.8, 4) is 0 Å². The van der Waals surface area contributed by atoms with Crippen molar-refractivity contribution < 1.29 is 4.79 Å². The molecule has 1 amide bonds. The van der Waals surface area contributed by atoms with Gasteiger partial charge in [0, 0.05) is 19.3 Å². The predicted molar refractivity (Wildman–Crippen MR) is 46.9 cm³/mol. The highest BCUT2D eigenvalue weighted by molar-refractivity contribution is 5.96. The lowest BCUT2D eigenvalue weighted by Gasteiger charge is -2.14. The fourth-order valence-corrected chi connectivity index (χ4v) is 1.26. The van der Waals surface area contributed by atoms with Gasteiger partial charge >= 0.3 is 0 Å². The lowest BCUT2D eigenvalue weighted by atomic mass is 10.3. The number of allylic oxidation sites excluding steroid dienone is 1. The third-order valence-electron chi connectivity index (χ3n) is 1.90. The summed E-state index contributed by atoms with van der Waals surface area (Å²) in [6, 6.07) is 0. The zero-order valence-corrected chi connectivity index (χ0v) is 6.92. The maximum Gasteiger partial charge on any atom is 0.269 e. The van der Waals surface area contributed by atoms with Gasteiger partial charge in [0.25, 0.3) is 5.91 Å². The van der Waals surface area contributed by atoms with Crippen molar-refractivity contribution in [1.82, 2.24) is 4.90 Å². The molecule has 1 heterocycles. The molecule has 0 spiro atoms. The quantitative estimate of drug-likeness (QED) is 0.452. The largest absolute Gasteiger partial charge is 0.394 e. The second kappa shape index (κ2) is 3.90. The lowest BCUT2D eigenvalue weighted by Crippen LogP contribution is -2.31. The Morgan fingerprint density at radius 3 is 2.50 bits per heavy atom. The third-order valence-corrected chi connectivity index (χ3v) is 1.90. The van der Waals surface area contributed by atoms with Gasteiger partial charge in [-0.15, -0.1) is 0 Å². The molecule has 1 aliphatic heterocycles. The fraction of sp³-hybridized carbons (Fsp3) is 0.500. The van der Waals surface area contributed by atoms with E-state index in [-0.39, 0.29) is 11.6 Å². The second-order valence-electron chi connectivity index (χ2n) is 2.79. The number of hydrogen-bond acceptors (Lipinski definition) is 3. The Hall–Kier alpha value is -1.32. The van der Waals surface area contributed by atoms with Crippen molar-refractivity contribution in [2.75, 3.05) is 13.1 Å². The highest BCUT2D eigenvalue weighted by Crippen LogP contribution is 2.08. The Morgan fingerprint density at radius 1 is 1.42 bits per heavy atom. The van der Waals surface area contributed by atoms with Gasteiger partial charge in [-0.05, 0) is 18.9 Å². The Bertz CT molecular complexity index is 216. The number of rotatable bonds is 2. The van der Waals surface area contributed by atoms with Crippen LogP contribution in [-0.2, 0) is 4.79 Å². The predicted octanol–water partition coefficient (Wildman–Crippen LogP) is 0.101. The zero-order valence-electron chi connectivity index (χ0n) is 6.92. The summed E-state index contributed by atoms with van der Waals surface area (Å²) in [6.45, 7) is 1.59. The van der Waals surface area contributed by atoms with E-state index in [2.05, 4.69) is 0 Å². The van der Waals surface area contributed by atoms with Crippen LogP contribution in [0.1, 0.15) is 12.8 Å². The average molecular weight is 167 g/mol. The lowest BCUT2D eigenvalue weighted by molar-refractivity contribution is -0.126. The minimum Gasteiger partial charge on any atom is -0.394 e. The molecule has 1 fully saturated rings. The molecule has 0 radical (unpaired) electrons. The molecule has 1 rings (SSSR count). The van der Waals surface area contributed by atoms with Crippen molar-refractivity contribution in [2.24, 2.45) is 5.73 Å². The summed E-state index contributed by atoms with van der Waals surface area (Å²) >= 11 is 0. The van der Waals surface area contributed by atoms with Crippen LogP contribution in [0.3, 0.4) is 0 Å². The summed E-state index contributed by atoms with van der Waals surface area (Å²) in [7, 11) is 0. The molecule has 0 aromatic heterocycles. The van der Waals surface area contributed by atoms with Crippen molar-refractivity contribution in [3.05, 3.63) is 11.8 Å². The van der Waals surface area contributed by atoms with Gasteiger partial charge in [-0.3, -0.25) is 4.79 Å². The number of likely N-dealkylation sites (tertiary alicyclic amines) is 1. The van der Waals surface area contributed by atoms with Crippen molar-refractivity contribution in [3.63, 3.8) is 0 Å². The number of hydrogen-bond donors (Lipinski definition) is 2. The Morgan fingerprint density at radius 2 is 2.00 bits per heavy atom. The molecule has 0 bridgehead atoms. The van der Waals surface area contributed by atoms with Crippen LogP contribution in [-0.4, -0.2) is 30.1 Å². The van der Waals surface area contributed by atoms with Crippen LogP contribution >= 0.6 is 0 Å². The molecule has 0 aromatic carbocycles. The van der Waals surface area contributed by atoms with E-state index in [9.17, 15) is 4.79 Å². The summed E-state index contributed by atoms with van der Waals surface area (Å²) in [6.07, 6.45) is 4.47. The standard InChI is InChI=1S/C8H13N3O/c9-4-3-7(10)8(12)11-5-1-2-6-11/h3-4,9H,1-2,5-6,10H2. The maximum absolute atomic E-state index is 11.4. The van der Waals surface area contributed by atoms with E-state index in [4.69, 9.17) is 11.1 Å². The van der Waals surface area contributed by atoms with Gasteiger partial charge in [0.15, 0.2) is 0 Å². The molecule has 3 N–H and O–H groups in total. The van der Waals surface area contributed by atoms with E-state index < -0.39 is 0 Å². The molecule has 1 aliphatic rings. The second-order valence-corrected chi connectivity index (χ2v) is 2.79. The SMILES string of the molecule is N=CC=C(N)C(=O)N1CCCC1. The minimum atomic E-state index is -0.143. The van der Waals surface area contributed by atoms with E-state index in [0.717, 1.165) is 32.1 Å². The first-order valence-electron chi connectivity index (χ1n) is 4.01. The molecule has 12 heavy (non-hydrogen) atoms. The first-order valence-corrected chi connectivity index (χ1v) is 4.01. The molecular formula is C8H13N3O. The van der Waals surface area contributed by atoms with Gasteiger partial charge in [0.2, 0.25) is 0 Å². The summed E-state index contributed by atoms with van der Waals surface area (Å²) in [4.78, 5) is 13.1. The van der Waals surface area contributed by atoms with Gasteiger partial charge in [-0.1, -0.05) is 0 Å². The Kier molecular flexibility index (Phi) is 2.85. The molecule has 0 saturated carbocycles. The molecule has 0 aliphatic carbocycles. The van der Waals surface area contributed by atoms with Gasteiger partial charge in [-0.25, -0.2) is 0 Å². The normalized spacial score (nSPS) is 18.0. The number of carbonyl (C=O) groups is 1. The summed E-state index contributed by atoms with van der Waals surface area (Å²) in [5.74, 6) is -0.143. The molecule has 1 saturated heterocycles.